The summed E-state index contributed by atoms with van der Waals surface area (Å²) in [5.74, 6) is -2.01. The number of anilines is 1. The third kappa shape index (κ3) is 3.93. The minimum Gasteiger partial charge on any atom is -0.461 e. The fraction of sp³-hybridized carbons (Fsp3) is 0.462. The van der Waals surface area contributed by atoms with Crippen LogP contribution in [0.1, 0.15) is 31.1 Å². The number of carbonyl (C=O) groups is 1. The highest BCUT2D eigenvalue weighted by Gasteiger charge is 2.29. The number of benzene rings is 1. The van der Waals surface area contributed by atoms with Gasteiger partial charge in [-0.15, -0.1) is 0 Å². The third-order valence-corrected chi connectivity index (χ3v) is 5.30. The summed E-state index contributed by atoms with van der Waals surface area (Å²) in [6.07, 6.45) is 0. The number of esters is 1. The van der Waals surface area contributed by atoms with Crippen molar-refractivity contribution in [2.24, 2.45) is 0 Å². The van der Waals surface area contributed by atoms with E-state index >= 15 is 0 Å². The predicted molar refractivity (Wildman–Crippen MR) is 74.6 cm³/mol. The topological polar surface area (TPSA) is 86.5 Å². The lowest BCUT2D eigenvalue weighted by Gasteiger charge is -2.18. The average Bonchev–Trinajstić information content (AvgIpc) is 2.26. The lowest BCUT2D eigenvalue weighted by atomic mass is 10.2. The minimum absolute atomic E-state index is 0.189. The van der Waals surface area contributed by atoms with Gasteiger partial charge in [0.2, 0.25) is 0 Å². The lowest BCUT2D eigenvalue weighted by Crippen LogP contribution is -2.32. The molecular weight excluding hydrogens is 285 g/mol. The summed E-state index contributed by atoms with van der Waals surface area (Å²) in [4.78, 5) is 11.6. The molecule has 0 radical (unpaired) electrons. The zero-order valence-corrected chi connectivity index (χ0v) is 12.5. The molecule has 1 aromatic rings. The zero-order chi connectivity index (χ0) is 15.6. The Morgan fingerprint density at radius 2 is 1.95 bits per heavy atom. The Bertz CT molecular complexity index is 605. The van der Waals surface area contributed by atoms with Crippen LogP contribution in [0, 0.1) is 5.82 Å². The van der Waals surface area contributed by atoms with Gasteiger partial charge in [0.1, 0.15) is 12.4 Å². The van der Waals surface area contributed by atoms with Crippen LogP contribution in [0.4, 0.5) is 10.1 Å². The van der Waals surface area contributed by atoms with Crippen LogP contribution in [0.2, 0.25) is 0 Å². The predicted octanol–water partition coefficient (Wildman–Crippen LogP) is 1.78. The van der Waals surface area contributed by atoms with Crippen molar-refractivity contribution in [3.05, 3.63) is 29.6 Å². The third-order valence-electron chi connectivity index (χ3n) is 2.73. The number of nitrogens with two attached hydrogens (primary N) is 1. The van der Waals surface area contributed by atoms with Crippen LogP contribution in [0.15, 0.2) is 18.2 Å². The van der Waals surface area contributed by atoms with Crippen LogP contribution in [-0.2, 0) is 14.6 Å². The van der Waals surface area contributed by atoms with Gasteiger partial charge in [0.25, 0.3) is 0 Å². The van der Waals surface area contributed by atoms with Crippen LogP contribution in [0.25, 0.3) is 0 Å². The minimum atomic E-state index is -3.38. The fourth-order valence-corrected chi connectivity index (χ4v) is 2.24. The van der Waals surface area contributed by atoms with Gasteiger partial charge in [0, 0.05) is 5.69 Å². The molecule has 0 amide bonds. The first-order valence-electron chi connectivity index (χ1n) is 5.99. The smallest absolute Gasteiger partial charge is 0.341 e. The van der Waals surface area contributed by atoms with Crippen LogP contribution in [0.5, 0.6) is 0 Å². The summed E-state index contributed by atoms with van der Waals surface area (Å²) in [6, 6.07) is 3.57. The molecular formula is C13H18FNO4S. The molecule has 5 nitrogen and oxygen atoms in total. The Balaban J connectivity index is 2.66. The van der Waals surface area contributed by atoms with Gasteiger partial charge in [-0.3, -0.25) is 0 Å². The van der Waals surface area contributed by atoms with Crippen LogP contribution in [0.3, 0.4) is 0 Å². The van der Waals surface area contributed by atoms with Gasteiger partial charge in [-0.1, -0.05) is 0 Å². The SMILES string of the molecule is CC(C)(C)S(=O)(=O)CCOC(=O)c1ccc(N)cc1F. The molecule has 0 atom stereocenters. The second-order valence-electron chi connectivity index (χ2n) is 5.31. The van der Waals surface area contributed by atoms with Crippen molar-refractivity contribution in [3.63, 3.8) is 0 Å². The zero-order valence-electron chi connectivity index (χ0n) is 11.6. The number of hydrogen-bond donors (Lipinski definition) is 1. The average molecular weight is 303 g/mol. The fourth-order valence-electron chi connectivity index (χ4n) is 1.32. The number of nitrogen functional groups attached to an aromatic ring is 1. The molecule has 0 bridgehead atoms. The molecule has 0 aliphatic heterocycles. The van der Waals surface area contributed by atoms with E-state index in [1.807, 2.05) is 0 Å². The molecule has 20 heavy (non-hydrogen) atoms. The summed E-state index contributed by atoms with van der Waals surface area (Å²) < 4.78 is 40.9. The van der Waals surface area contributed by atoms with E-state index in [-0.39, 0.29) is 23.6 Å². The summed E-state index contributed by atoms with van der Waals surface area (Å²) in [5, 5.41) is 0. The lowest BCUT2D eigenvalue weighted by molar-refractivity contribution is 0.0523. The van der Waals surface area contributed by atoms with Crippen molar-refractivity contribution in [1.82, 2.24) is 0 Å². The number of ether oxygens (including phenoxy) is 1. The molecule has 0 heterocycles. The van der Waals surface area contributed by atoms with Crippen LogP contribution >= 0.6 is 0 Å². The van der Waals surface area contributed by atoms with Gasteiger partial charge in [0.05, 0.1) is 16.1 Å². The number of hydrogen-bond acceptors (Lipinski definition) is 5. The molecule has 0 spiro atoms. The van der Waals surface area contributed by atoms with Gasteiger partial charge < -0.3 is 10.5 Å². The molecule has 7 heteroatoms. The van der Waals surface area contributed by atoms with Gasteiger partial charge in [-0.05, 0) is 39.0 Å². The van der Waals surface area contributed by atoms with E-state index in [9.17, 15) is 17.6 Å². The first-order chi connectivity index (χ1) is 9.04. The van der Waals surface area contributed by atoms with Crippen molar-refractivity contribution in [2.75, 3.05) is 18.1 Å². The Morgan fingerprint density at radius 1 is 1.35 bits per heavy atom. The van der Waals surface area contributed by atoms with E-state index in [1.165, 1.54) is 12.1 Å². The monoisotopic (exact) mass is 303 g/mol. The molecule has 1 aromatic carbocycles. The molecule has 0 saturated carbocycles. The van der Waals surface area contributed by atoms with Gasteiger partial charge in [0.15, 0.2) is 9.84 Å². The molecule has 0 aromatic heterocycles. The Hall–Kier alpha value is -1.63. The second-order valence-corrected chi connectivity index (χ2v) is 8.17. The summed E-state index contributed by atoms with van der Waals surface area (Å²) >= 11 is 0. The quantitative estimate of drug-likeness (QED) is 0.677. The molecule has 0 saturated heterocycles. The Labute approximate surface area is 117 Å². The van der Waals surface area contributed by atoms with E-state index < -0.39 is 26.4 Å². The van der Waals surface area contributed by atoms with E-state index in [2.05, 4.69) is 0 Å². The molecule has 2 N–H and O–H groups in total. The summed E-state index contributed by atoms with van der Waals surface area (Å²) in [5.41, 5.74) is 5.28. The summed E-state index contributed by atoms with van der Waals surface area (Å²) in [6.45, 7) is 4.36. The van der Waals surface area contributed by atoms with Gasteiger partial charge in [-0.2, -0.15) is 0 Å². The second kappa shape index (κ2) is 5.78. The molecule has 112 valence electrons. The standard InChI is InChI=1S/C13H18FNO4S/c1-13(2,3)20(17,18)7-6-19-12(16)10-5-4-9(15)8-11(10)14/h4-5,8H,6-7,15H2,1-3H3. The van der Waals surface area contributed by atoms with Crippen LogP contribution in [-0.4, -0.2) is 31.5 Å². The van der Waals surface area contributed by atoms with E-state index in [1.54, 1.807) is 20.8 Å². The highest BCUT2D eigenvalue weighted by Crippen LogP contribution is 2.16. The Morgan fingerprint density at radius 3 is 2.45 bits per heavy atom. The maximum atomic E-state index is 13.5. The first-order valence-corrected chi connectivity index (χ1v) is 7.64. The molecule has 0 aliphatic carbocycles. The van der Waals surface area contributed by atoms with E-state index in [4.69, 9.17) is 10.5 Å². The highest BCUT2D eigenvalue weighted by molar-refractivity contribution is 7.92. The largest absolute Gasteiger partial charge is 0.461 e. The summed E-state index contributed by atoms with van der Waals surface area (Å²) in [7, 11) is -3.38. The van der Waals surface area contributed by atoms with Gasteiger partial charge in [-0.25, -0.2) is 17.6 Å². The normalized spacial score (nSPS) is 12.2. The number of rotatable bonds is 4. The number of halogens is 1. The Kier molecular flexibility index (Phi) is 4.75. The van der Waals surface area contributed by atoms with Crippen molar-refractivity contribution in [1.29, 1.82) is 0 Å². The maximum Gasteiger partial charge on any atom is 0.341 e. The molecule has 0 fully saturated rings. The molecule has 1 rings (SSSR count). The maximum absolute atomic E-state index is 13.5. The molecule has 0 unspecified atom stereocenters. The van der Waals surface area contributed by atoms with Crippen molar-refractivity contribution in [3.8, 4) is 0 Å². The van der Waals surface area contributed by atoms with E-state index in [0.29, 0.717) is 0 Å². The van der Waals surface area contributed by atoms with E-state index in [0.717, 1.165) is 6.07 Å². The van der Waals surface area contributed by atoms with Crippen molar-refractivity contribution < 1.29 is 22.3 Å². The van der Waals surface area contributed by atoms with Gasteiger partial charge >= 0.3 is 5.97 Å². The number of sulfone groups is 1. The van der Waals surface area contributed by atoms with Crippen molar-refractivity contribution in [2.45, 2.75) is 25.5 Å². The van der Waals surface area contributed by atoms with Crippen LogP contribution < -0.4 is 5.73 Å². The molecule has 0 aliphatic rings. The first kappa shape index (κ1) is 16.4. The highest BCUT2D eigenvalue weighted by atomic mass is 32.2. The number of carbonyl (C=O) groups excluding carboxylic acids is 1. The van der Waals surface area contributed by atoms with Crippen molar-refractivity contribution >= 4 is 21.5 Å².